The topological polar surface area (TPSA) is 110 Å². The molecule has 0 spiro atoms. The molecule has 4 unspecified atom stereocenters. The summed E-state index contributed by atoms with van der Waals surface area (Å²) >= 11 is 0. The molecule has 1 aromatic carbocycles. The molecule has 5 atom stereocenters. The van der Waals surface area contributed by atoms with E-state index in [1.807, 2.05) is 0 Å². The lowest BCUT2D eigenvalue weighted by Gasteiger charge is -2.34. The van der Waals surface area contributed by atoms with E-state index in [-0.39, 0.29) is 0 Å². The van der Waals surface area contributed by atoms with Crippen molar-refractivity contribution in [1.82, 2.24) is 0 Å². The number of aliphatic hydroxyl groups is 5. The zero-order valence-electron chi connectivity index (χ0n) is 10.8. The maximum atomic E-state index is 14.4. The van der Waals surface area contributed by atoms with Crippen LogP contribution in [0.4, 0.5) is 8.78 Å². The summed E-state index contributed by atoms with van der Waals surface area (Å²) in [6, 6.07) is 6.16. The van der Waals surface area contributed by atoms with Crippen LogP contribution in [-0.4, -0.2) is 62.3 Å². The van der Waals surface area contributed by atoms with Gasteiger partial charge in [0.2, 0.25) is 0 Å². The van der Waals surface area contributed by atoms with Crippen molar-refractivity contribution in [2.45, 2.75) is 36.1 Å². The van der Waals surface area contributed by atoms with Crippen LogP contribution in [0.5, 0.6) is 0 Å². The molecule has 0 saturated carbocycles. The van der Waals surface area contributed by atoms with Crippen LogP contribution in [0.15, 0.2) is 30.3 Å². The summed E-state index contributed by atoms with van der Waals surface area (Å²) < 4.78 is 33.5. The molecule has 0 radical (unpaired) electrons. The van der Waals surface area contributed by atoms with Crippen LogP contribution in [0.3, 0.4) is 0 Å². The Kier molecular flexibility index (Phi) is 4.29. The van der Waals surface area contributed by atoms with Gasteiger partial charge in [0.25, 0.3) is 5.79 Å². The van der Waals surface area contributed by atoms with Gasteiger partial charge in [-0.2, -0.15) is 8.78 Å². The van der Waals surface area contributed by atoms with Gasteiger partial charge < -0.3 is 30.3 Å². The molecule has 2 rings (SSSR count). The molecule has 0 bridgehead atoms. The molecule has 1 aliphatic heterocycles. The van der Waals surface area contributed by atoms with Crippen molar-refractivity contribution in [3.8, 4) is 0 Å². The van der Waals surface area contributed by atoms with Gasteiger partial charge in [-0.15, -0.1) is 0 Å². The molecule has 5 N–H and O–H groups in total. The van der Waals surface area contributed by atoms with E-state index in [1.54, 1.807) is 0 Å². The number of rotatable bonds is 4. The van der Waals surface area contributed by atoms with Crippen LogP contribution >= 0.6 is 0 Å². The van der Waals surface area contributed by atoms with Gasteiger partial charge in [-0.05, 0) is 0 Å². The molecule has 1 heterocycles. The highest BCUT2D eigenvalue weighted by atomic mass is 19.3. The predicted octanol–water partition coefficient (Wildman–Crippen LogP) is -1.06. The largest absolute Gasteiger partial charge is 0.394 e. The van der Waals surface area contributed by atoms with E-state index < -0.39 is 48.3 Å². The number of ether oxygens (including phenoxy) is 1. The fourth-order valence-electron chi connectivity index (χ4n) is 2.28. The Bertz CT molecular complexity index is 485. The number of halogens is 2. The molecule has 0 aromatic heterocycles. The maximum absolute atomic E-state index is 14.4. The van der Waals surface area contributed by atoms with E-state index in [0.29, 0.717) is 0 Å². The fraction of sp³-hybridized carbons (Fsp3) is 0.538. The quantitative estimate of drug-likeness (QED) is 0.485. The second-order valence-corrected chi connectivity index (χ2v) is 4.90. The Balaban J connectivity index is 2.37. The van der Waals surface area contributed by atoms with Gasteiger partial charge in [-0.25, -0.2) is 0 Å². The van der Waals surface area contributed by atoms with Crippen LogP contribution < -0.4 is 0 Å². The first-order chi connectivity index (χ1) is 9.75. The summed E-state index contributed by atoms with van der Waals surface area (Å²) in [6.45, 7) is -0.887. The van der Waals surface area contributed by atoms with Crippen LogP contribution in [0.25, 0.3) is 0 Å². The summed E-state index contributed by atoms with van der Waals surface area (Å²) in [4.78, 5) is 0. The number of hydrogen-bond acceptors (Lipinski definition) is 6. The van der Waals surface area contributed by atoms with Crippen LogP contribution in [0.1, 0.15) is 5.56 Å². The Hall–Kier alpha value is -1.16. The second-order valence-electron chi connectivity index (χ2n) is 4.90. The standard InChI is InChI=1S/C13H16F2O6/c14-12(15,7-4-2-1-3-5-7)13(20)11(19)9(18)10(21-13)8(17)6-16/h1-5,8-11,16-20H,6H2/t8-,9?,10?,11?,13?/m0/s1. The SMILES string of the molecule is OC[C@H](O)C1OC(O)(C(F)(F)c2ccccc2)C(O)C1O. The van der Waals surface area contributed by atoms with Crippen molar-refractivity contribution in [2.75, 3.05) is 6.61 Å². The van der Waals surface area contributed by atoms with E-state index in [0.717, 1.165) is 12.1 Å². The summed E-state index contributed by atoms with van der Waals surface area (Å²) in [7, 11) is 0. The summed E-state index contributed by atoms with van der Waals surface area (Å²) in [5, 5.41) is 47.7. The number of hydrogen-bond donors (Lipinski definition) is 5. The highest BCUT2D eigenvalue weighted by molar-refractivity contribution is 5.24. The average Bonchev–Trinajstić information content (AvgIpc) is 2.73. The van der Waals surface area contributed by atoms with Crippen molar-refractivity contribution in [1.29, 1.82) is 0 Å². The average molecular weight is 306 g/mol. The number of aliphatic hydroxyl groups excluding tert-OH is 4. The van der Waals surface area contributed by atoms with E-state index in [2.05, 4.69) is 4.74 Å². The minimum atomic E-state index is -4.04. The smallest absolute Gasteiger partial charge is 0.328 e. The van der Waals surface area contributed by atoms with Crippen molar-refractivity contribution < 1.29 is 39.1 Å². The summed E-state index contributed by atoms with van der Waals surface area (Å²) in [6.07, 6.45) is -7.81. The molecule has 0 aliphatic carbocycles. The lowest BCUT2D eigenvalue weighted by molar-refractivity contribution is -0.343. The van der Waals surface area contributed by atoms with Gasteiger partial charge in [0.05, 0.1) is 6.61 Å². The first-order valence-corrected chi connectivity index (χ1v) is 6.24. The van der Waals surface area contributed by atoms with Crippen molar-refractivity contribution in [3.63, 3.8) is 0 Å². The Morgan fingerprint density at radius 1 is 1.24 bits per heavy atom. The molecule has 1 aromatic rings. The number of alkyl halides is 2. The van der Waals surface area contributed by atoms with Crippen LogP contribution in [0.2, 0.25) is 0 Å². The van der Waals surface area contributed by atoms with Crippen LogP contribution in [0, 0.1) is 0 Å². The van der Waals surface area contributed by atoms with Crippen molar-refractivity contribution >= 4 is 0 Å². The molecule has 1 aliphatic rings. The van der Waals surface area contributed by atoms with Gasteiger partial charge in [0, 0.05) is 5.56 Å². The molecule has 1 saturated heterocycles. The fourth-order valence-corrected chi connectivity index (χ4v) is 2.28. The molecule has 6 nitrogen and oxygen atoms in total. The zero-order valence-corrected chi connectivity index (χ0v) is 10.8. The lowest BCUT2D eigenvalue weighted by Crippen LogP contribution is -2.55. The predicted molar refractivity (Wildman–Crippen MR) is 65.3 cm³/mol. The minimum absolute atomic E-state index is 0.627. The van der Waals surface area contributed by atoms with Crippen molar-refractivity contribution in [3.05, 3.63) is 35.9 Å². The van der Waals surface area contributed by atoms with Gasteiger partial charge >= 0.3 is 5.92 Å². The van der Waals surface area contributed by atoms with Gasteiger partial charge in [0.1, 0.15) is 24.4 Å². The first-order valence-electron chi connectivity index (χ1n) is 6.24. The maximum Gasteiger partial charge on any atom is 0.328 e. The van der Waals surface area contributed by atoms with Gasteiger partial charge in [0.15, 0.2) is 0 Å². The van der Waals surface area contributed by atoms with E-state index in [4.69, 9.17) is 5.11 Å². The third kappa shape index (κ3) is 2.44. The monoisotopic (exact) mass is 306 g/mol. The summed E-state index contributed by atoms with van der Waals surface area (Å²) in [5.74, 6) is -7.47. The third-order valence-electron chi connectivity index (χ3n) is 3.53. The molecule has 8 heteroatoms. The zero-order chi connectivity index (χ0) is 15.8. The summed E-state index contributed by atoms with van der Waals surface area (Å²) in [5.41, 5.74) is -0.627. The van der Waals surface area contributed by atoms with Crippen molar-refractivity contribution in [2.24, 2.45) is 0 Å². The van der Waals surface area contributed by atoms with Crippen LogP contribution in [-0.2, 0) is 10.7 Å². The van der Waals surface area contributed by atoms with E-state index in [1.165, 1.54) is 18.2 Å². The molecule has 118 valence electrons. The normalized spacial score (nSPS) is 34.9. The molecule has 1 fully saturated rings. The third-order valence-corrected chi connectivity index (χ3v) is 3.53. The van der Waals surface area contributed by atoms with Gasteiger partial charge in [-0.3, -0.25) is 0 Å². The highest BCUT2D eigenvalue weighted by Crippen LogP contribution is 2.47. The molecule has 0 amide bonds. The Morgan fingerprint density at radius 2 is 1.81 bits per heavy atom. The second kappa shape index (κ2) is 5.56. The molecular formula is C13H16F2O6. The first kappa shape index (κ1) is 16.2. The molecule has 21 heavy (non-hydrogen) atoms. The van der Waals surface area contributed by atoms with E-state index >= 15 is 0 Å². The molecular weight excluding hydrogens is 290 g/mol. The van der Waals surface area contributed by atoms with E-state index in [9.17, 15) is 29.2 Å². The Labute approximate surface area is 118 Å². The highest BCUT2D eigenvalue weighted by Gasteiger charge is 2.68. The minimum Gasteiger partial charge on any atom is -0.394 e. The Morgan fingerprint density at radius 3 is 2.33 bits per heavy atom. The number of benzene rings is 1. The van der Waals surface area contributed by atoms with Gasteiger partial charge in [-0.1, -0.05) is 30.3 Å². The lowest BCUT2D eigenvalue weighted by atomic mass is 9.93.